The second kappa shape index (κ2) is 5.42. The number of likely N-dealkylation sites (tertiary alicyclic amines) is 1. The molecule has 3 rings (SSSR count). The number of methoxy groups -OCH3 is 1. The molecule has 2 atom stereocenters. The lowest BCUT2D eigenvalue weighted by molar-refractivity contribution is -0.146. The van der Waals surface area contributed by atoms with E-state index >= 15 is 0 Å². The van der Waals surface area contributed by atoms with Crippen LogP contribution in [-0.4, -0.2) is 51.7 Å². The molecule has 1 aliphatic heterocycles. The maximum atomic E-state index is 13.6. The normalized spacial score (nSPS) is 22.8. The molecule has 2 N–H and O–H groups in total. The number of aliphatic hydroxyl groups is 1. The number of aromatic nitrogens is 2. The van der Waals surface area contributed by atoms with E-state index in [1.807, 2.05) is 0 Å². The number of imidazole rings is 1. The van der Waals surface area contributed by atoms with Crippen molar-refractivity contribution in [3.8, 4) is 0 Å². The van der Waals surface area contributed by atoms with Gasteiger partial charge in [0.1, 0.15) is 17.4 Å². The van der Waals surface area contributed by atoms with Gasteiger partial charge in [0.15, 0.2) is 5.82 Å². The molecule has 2 aromatic rings. The van der Waals surface area contributed by atoms with Crippen LogP contribution in [0.25, 0.3) is 11.0 Å². The number of benzene rings is 1. The highest BCUT2D eigenvalue weighted by Gasteiger charge is 2.37. The minimum Gasteiger partial charge on any atom is -0.468 e. The number of esters is 1. The fraction of sp³-hybridized carbons (Fsp3) is 0.429. The minimum absolute atomic E-state index is 0.280. The molecular weight excluding hydrogens is 277 g/mol. The van der Waals surface area contributed by atoms with Crippen LogP contribution in [0.2, 0.25) is 0 Å². The molecule has 0 saturated carbocycles. The molecule has 1 aromatic carbocycles. The average Bonchev–Trinajstić information content (AvgIpc) is 3.02. The number of ether oxygens (including phenoxy) is 1. The van der Waals surface area contributed by atoms with Crippen molar-refractivity contribution in [2.45, 2.75) is 25.1 Å². The number of hydrogen-bond acceptors (Lipinski definition) is 5. The number of rotatable bonds is 3. The molecule has 1 aromatic heterocycles. The summed E-state index contributed by atoms with van der Waals surface area (Å²) in [6, 6.07) is 4.20. The monoisotopic (exact) mass is 293 g/mol. The van der Waals surface area contributed by atoms with Crippen molar-refractivity contribution in [1.82, 2.24) is 14.9 Å². The molecule has 0 bridgehead atoms. The first-order chi connectivity index (χ1) is 10.1. The number of nitrogens with zero attached hydrogens (tertiary/aromatic N) is 2. The Balaban J connectivity index is 1.83. The second-order valence-electron chi connectivity index (χ2n) is 5.18. The Labute approximate surface area is 120 Å². The van der Waals surface area contributed by atoms with Crippen LogP contribution in [0, 0.1) is 5.82 Å². The van der Waals surface area contributed by atoms with E-state index in [0.717, 1.165) is 0 Å². The van der Waals surface area contributed by atoms with E-state index in [0.29, 0.717) is 30.9 Å². The summed E-state index contributed by atoms with van der Waals surface area (Å²) in [6.45, 7) is 0.685. The van der Waals surface area contributed by atoms with Crippen molar-refractivity contribution in [2.75, 3.05) is 13.7 Å². The molecule has 1 aliphatic rings. The van der Waals surface area contributed by atoms with E-state index in [9.17, 15) is 14.3 Å². The number of hydrogen-bond donors (Lipinski definition) is 2. The third kappa shape index (κ3) is 2.62. The zero-order chi connectivity index (χ0) is 15.0. The zero-order valence-electron chi connectivity index (χ0n) is 11.5. The van der Waals surface area contributed by atoms with Crippen molar-refractivity contribution in [1.29, 1.82) is 0 Å². The van der Waals surface area contributed by atoms with Crippen LogP contribution in [0.4, 0.5) is 4.39 Å². The van der Waals surface area contributed by atoms with Gasteiger partial charge in [-0.15, -0.1) is 0 Å². The van der Waals surface area contributed by atoms with Crippen LogP contribution in [0.15, 0.2) is 18.2 Å². The molecule has 0 amide bonds. The third-order valence-electron chi connectivity index (χ3n) is 3.72. The number of carbonyl (C=O) groups is 1. The first-order valence-corrected chi connectivity index (χ1v) is 6.71. The van der Waals surface area contributed by atoms with Gasteiger partial charge in [0.05, 0.1) is 25.3 Å². The minimum atomic E-state index is -0.574. The zero-order valence-corrected chi connectivity index (χ0v) is 11.5. The molecule has 7 heteroatoms. The van der Waals surface area contributed by atoms with Crippen molar-refractivity contribution in [3.05, 3.63) is 29.8 Å². The Bertz CT molecular complexity index is 673. The SMILES string of the molecule is COC(=O)C1CC(O)CN1Cc1nc2c(F)cccc2[nH]1. The first-order valence-electron chi connectivity index (χ1n) is 6.71. The lowest BCUT2D eigenvalue weighted by atomic mass is 10.2. The fourth-order valence-electron chi connectivity index (χ4n) is 2.75. The summed E-state index contributed by atoms with van der Waals surface area (Å²) in [6.07, 6.45) is -0.239. The largest absolute Gasteiger partial charge is 0.468 e. The Morgan fingerprint density at radius 3 is 3.14 bits per heavy atom. The maximum Gasteiger partial charge on any atom is 0.323 e. The molecule has 0 aliphatic carbocycles. The van der Waals surface area contributed by atoms with Crippen molar-refractivity contribution in [2.24, 2.45) is 0 Å². The molecule has 6 nitrogen and oxygen atoms in total. The quantitative estimate of drug-likeness (QED) is 0.819. The standard InChI is InChI=1S/C14H16FN3O3/c1-21-14(20)11-5-8(19)6-18(11)7-12-16-10-4-2-3-9(15)13(10)17-12/h2-4,8,11,19H,5-7H2,1H3,(H,16,17). The molecule has 0 spiro atoms. The average molecular weight is 293 g/mol. The molecule has 2 heterocycles. The lowest BCUT2D eigenvalue weighted by Gasteiger charge is -2.20. The van der Waals surface area contributed by atoms with Crippen LogP contribution in [0.3, 0.4) is 0 Å². The van der Waals surface area contributed by atoms with Gasteiger partial charge in [0, 0.05) is 13.0 Å². The summed E-state index contributed by atoms with van der Waals surface area (Å²) in [7, 11) is 1.32. The van der Waals surface area contributed by atoms with Gasteiger partial charge < -0.3 is 14.8 Å². The van der Waals surface area contributed by atoms with Gasteiger partial charge >= 0.3 is 5.97 Å². The Hall–Kier alpha value is -1.99. The second-order valence-corrected chi connectivity index (χ2v) is 5.18. The number of carbonyl (C=O) groups excluding carboxylic acids is 1. The predicted molar refractivity (Wildman–Crippen MR) is 72.9 cm³/mol. The topological polar surface area (TPSA) is 78.5 Å². The van der Waals surface area contributed by atoms with Gasteiger partial charge in [-0.25, -0.2) is 9.37 Å². The van der Waals surface area contributed by atoms with Crippen LogP contribution in [-0.2, 0) is 16.1 Å². The summed E-state index contributed by atoms with van der Waals surface area (Å²) in [5, 5.41) is 9.74. The third-order valence-corrected chi connectivity index (χ3v) is 3.72. The number of β-amino-alcohol motifs (C(OH)–C–C–N with tert-alkyl or cyclic N) is 1. The van der Waals surface area contributed by atoms with Crippen molar-refractivity contribution in [3.63, 3.8) is 0 Å². The molecule has 0 radical (unpaired) electrons. The van der Waals surface area contributed by atoms with Crippen LogP contribution in [0.1, 0.15) is 12.2 Å². The number of para-hydroxylation sites is 1. The Morgan fingerprint density at radius 1 is 1.62 bits per heavy atom. The first kappa shape index (κ1) is 14.0. The fourth-order valence-corrected chi connectivity index (χ4v) is 2.75. The van der Waals surface area contributed by atoms with Gasteiger partial charge in [-0.05, 0) is 12.1 Å². The van der Waals surface area contributed by atoms with E-state index < -0.39 is 12.1 Å². The molecule has 1 fully saturated rings. The summed E-state index contributed by atoms with van der Waals surface area (Å²) in [4.78, 5) is 20.7. The van der Waals surface area contributed by atoms with Crippen LogP contribution < -0.4 is 0 Å². The number of nitrogens with one attached hydrogen (secondary N) is 1. The summed E-state index contributed by atoms with van der Waals surface area (Å²) >= 11 is 0. The van der Waals surface area contributed by atoms with Crippen LogP contribution in [0.5, 0.6) is 0 Å². The highest BCUT2D eigenvalue weighted by atomic mass is 19.1. The number of halogens is 1. The van der Waals surface area contributed by atoms with E-state index in [2.05, 4.69) is 9.97 Å². The molecule has 1 saturated heterocycles. The maximum absolute atomic E-state index is 13.6. The summed E-state index contributed by atoms with van der Waals surface area (Å²) in [5.74, 6) is -0.215. The van der Waals surface area contributed by atoms with Gasteiger partial charge in [-0.3, -0.25) is 9.69 Å². The van der Waals surface area contributed by atoms with E-state index in [4.69, 9.17) is 4.74 Å². The Morgan fingerprint density at radius 2 is 2.43 bits per heavy atom. The predicted octanol–water partition coefficient (Wildman–Crippen LogP) is 0.810. The van der Waals surface area contributed by atoms with Gasteiger partial charge in [-0.2, -0.15) is 0 Å². The smallest absolute Gasteiger partial charge is 0.323 e. The molecule has 2 unspecified atom stereocenters. The lowest BCUT2D eigenvalue weighted by Crippen LogP contribution is -2.36. The number of fused-ring (bicyclic) bond motifs is 1. The van der Waals surface area contributed by atoms with Gasteiger partial charge in [0.25, 0.3) is 0 Å². The highest BCUT2D eigenvalue weighted by Crippen LogP contribution is 2.22. The van der Waals surface area contributed by atoms with Gasteiger partial charge in [-0.1, -0.05) is 6.07 Å². The molecular formula is C14H16FN3O3. The number of aromatic amines is 1. The van der Waals surface area contributed by atoms with E-state index in [1.54, 1.807) is 17.0 Å². The van der Waals surface area contributed by atoms with Crippen molar-refractivity contribution < 1.29 is 19.0 Å². The summed E-state index contributed by atoms with van der Waals surface area (Å²) < 4.78 is 18.4. The highest BCUT2D eigenvalue weighted by molar-refractivity contribution is 5.76. The van der Waals surface area contributed by atoms with Gasteiger partial charge in [0.2, 0.25) is 0 Å². The summed E-state index contributed by atoms with van der Waals surface area (Å²) in [5.41, 5.74) is 0.890. The molecule has 21 heavy (non-hydrogen) atoms. The number of H-pyrrole nitrogens is 1. The van der Waals surface area contributed by atoms with Crippen molar-refractivity contribution >= 4 is 17.0 Å². The van der Waals surface area contributed by atoms with E-state index in [1.165, 1.54) is 13.2 Å². The van der Waals surface area contributed by atoms with E-state index in [-0.39, 0.29) is 17.3 Å². The number of aliphatic hydroxyl groups excluding tert-OH is 1. The molecule has 112 valence electrons. The van der Waals surface area contributed by atoms with Crippen LogP contribution >= 0.6 is 0 Å². The Kier molecular flexibility index (Phi) is 3.60.